The van der Waals surface area contributed by atoms with Crippen LogP contribution in [0.2, 0.25) is 0 Å². The summed E-state index contributed by atoms with van der Waals surface area (Å²) in [5, 5.41) is 0. The normalized spacial score (nSPS) is 33.7. The number of halogens is 2. The first-order valence-electron chi connectivity index (χ1n) is 6.19. The van der Waals surface area contributed by atoms with Crippen LogP contribution in [0.5, 0.6) is 0 Å². The van der Waals surface area contributed by atoms with Crippen molar-refractivity contribution in [2.24, 2.45) is 17.6 Å². The van der Waals surface area contributed by atoms with E-state index in [4.69, 9.17) is 5.73 Å². The number of rotatable bonds is 1. The predicted molar refractivity (Wildman–Crippen MR) is 64.4 cm³/mol. The van der Waals surface area contributed by atoms with Crippen molar-refractivity contribution in [3.05, 3.63) is 35.4 Å². The van der Waals surface area contributed by atoms with Crippen molar-refractivity contribution in [3.8, 4) is 0 Å². The lowest BCUT2D eigenvalue weighted by atomic mass is 9.66. The van der Waals surface area contributed by atoms with E-state index in [-0.39, 0.29) is 5.92 Å². The highest BCUT2D eigenvalue weighted by molar-refractivity contribution is 5.27. The Balaban J connectivity index is 2.39. The maximum Gasteiger partial charge on any atom is 0.159 e. The molecule has 1 aliphatic rings. The predicted octanol–water partition coefficient (Wildman–Crippen LogP) is 3.57. The molecule has 0 saturated heterocycles. The molecular weight excluding hydrogens is 220 g/mol. The van der Waals surface area contributed by atoms with Gasteiger partial charge in [0.25, 0.3) is 0 Å². The van der Waals surface area contributed by atoms with Crippen LogP contribution in [0, 0.1) is 23.5 Å². The fraction of sp³-hybridized carbons (Fsp3) is 0.571. The van der Waals surface area contributed by atoms with Gasteiger partial charge in [-0.3, -0.25) is 0 Å². The lowest BCUT2D eigenvalue weighted by Gasteiger charge is -2.43. The zero-order valence-electron chi connectivity index (χ0n) is 10.3. The minimum absolute atomic E-state index is 0.279. The van der Waals surface area contributed by atoms with Crippen molar-refractivity contribution >= 4 is 0 Å². The second kappa shape index (κ2) is 4.37. The van der Waals surface area contributed by atoms with Crippen molar-refractivity contribution in [3.63, 3.8) is 0 Å². The lowest BCUT2D eigenvalue weighted by molar-refractivity contribution is 0.143. The second-order valence-corrected chi connectivity index (χ2v) is 5.33. The number of nitrogens with two attached hydrogens (primary N) is 1. The van der Waals surface area contributed by atoms with E-state index in [9.17, 15) is 8.78 Å². The molecule has 2 rings (SSSR count). The van der Waals surface area contributed by atoms with Crippen LogP contribution in [0.25, 0.3) is 0 Å². The second-order valence-electron chi connectivity index (χ2n) is 5.33. The van der Waals surface area contributed by atoms with Crippen LogP contribution in [0.4, 0.5) is 8.78 Å². The number of benzene rings is 1. The van der Waals surface area contributed by atoms with E-state index in [2.05, 4.69) is 13.8 Å². The third-order valence-corrected chi connectivity index (χ3v) is 4.37. The molecule has 0 radical (unpaired) electrons. The monoisotopic (exact) mass is 239 g/mol. The molecule has 1 fully saturated rings. The van der Waals surface area contributed by atoms with Crippen LogP contribution in [0.1, 0.15) is 38.7 Å². The molecule has 0 spiro atoms. The van der Waals surface area contributed by atoms with Gasteiger partial charge in [0.2, 0.25) is 0 Å². The van der Waals surface area contributed by atoms with Gasteiger partial charge in [-0.15, -0.1) is 0 Å². The van der Waals surface area contributed by atoms with Gasteiger partial charge in [-0.1, -0.05) is 32.8 Å². The average Bonchev–Trinajstić information content (AvgIpc) is 2.29. The number of hydrogen-bond acceptors (Lipinski definition) is 1. The van der Waals surface area contributed by atoms with Gasteiger partial charge in [0.15, 0.2) is 11.6 Å². The third-order valence-electron chi connectivity index (χ3n) is 4.37. The quantitative estimate of drug-likeness (QED) is 0.796. The average molecular weight is 239 g/mol. The molecule has 1 saturated carbocycles. The molecule has 2 N–H and O–H groups in total. The summed E-state index contributed by atoms with van der Waals surface area (Å²) in [6.07, 6.45) is 3.04. The Hall–Kier alpha value is -0.960. The van der Waals surface area contributed by atoms with Gasteiger partial charge < -0.3 is 5.73 Å². The summed E-state index contributed by atoms with van der Waals surface area (Å²) in [6, 6.07) is 4.04. The Bertz CT molecular complexity index is 419. The highest BCUT2D eigenvalue weighted by Gasteiger charge is 2.39. The van der Waals surface area contributed by atoms with E-state index in [0.717, 1.165) is 24.8 Å². The molecule has 3 heteroatoms. The summed E-state index contributed by atoms with van der Waals surface area (Å²) in [6.45, 7) is 4.27. The molecule has 0 aromatic heterocycles. The summed E-state index contributed by atoms with van der Waals surface area (Å²) < 4.78 is 26.2. The lowest BCUT2D eigenvalue weighted by Crippen LogP contribution is -2.48. The highest BCUT2D eigenvalue weighted by atomic mass is 19.2. The van der Waals surface area contributed by atoms with E-state index < -0.39 is 17.2 Å². The molecule has 1 aromatic rings. The van der Waals surface area contributed by atoms with E-state index >= 15 is 0 Å². The van der Waals surface area contributed by atoms with Crippen LogP contribution in [-0.4, -0.2) is 0 Å². The Morgan fingerprint density at radius 1 is 1.24 bits per heavy atom. The van der Waals surface area contributed by atoms with Gasteiger partial charge in [0.1, 0.15) is 0 Å². The molecule has 1 nitrogen and oxygen atoms in total. The summed E-state index contributed by atoms with van der Waals surface area (Å²) in [5.41, 5.74) is 6.64. The van der Waals surface area contributed by atoms with Crippen molar-refractivity contribution in [2.45, 2.75) is 38.6 Å². The molecule has 0 bridgehead atoms. The topological polar surface area (TPSA) is 26.0 Å². The van der Waals surface area contributed by atoms with Gasteiger partial charge in [-0.05, 0) is 36.0 Å². The van der Waals surface area contributed by atoms with Crippen LogP contribution in [0.15, 0.2) is 18.2 Å². The molecule has 0 amide bonds. The van der Waals surface area contributed by atoms with E-state index in [0.29, 0.717) is 5.92 Å². The molecule has 0 aliphatic heterocycles. The summed E-state index contributed by atoms with van der Waals surface area (Å²) in [5.74, 6) is -0.824. The van der Waals surface area contributed by atoms with E-state index in [1.807, 2.05) is 0 Å². The van der Waals surface area contributed by atoms with Gasteiger partial charge in [0.05, 0.1) is 0 Å². The van der Waals surface area contributed by atoms with Gasteiger partial charge in [-0.2, -0.15) is 0 Å². The molecule has 94 valence electrons. The fourth-order valence-electron chi connectivity index (χ4n) is 2.89. The van der Waals surface area contributed by atoms with Crippen LogP contribution in [0.3, 0.4) is 0 Å². The largest absolute Gasteiger partial charge is 0.321 e. The third kappa shape index (κ3) is 2.08. The molecule has 3 unspecified atom stereocenters. The minimum Gasteiger partial charge on any atom is -0.321 e. The molecule has 3 atom stereocenters. The highest BCUT2D eigenvalue weighted by Crippen LogP contribution is 2.42. The van der Waals surface area contributed by atoms with Crippen molar-refractivity contribution in [1.82, 2.24) is 0 Å². The summed E-state index contributed by atoms with van der Waals surface area (Å²) >= 11 is 0. The van der Waals surface area contributed by atoms with E-state index in [1.165, 1.54) is 12.1 Å². The molecule has 1 aromatic carbocycles. The SMILES string of the molecule is CC1CCCC(N)(c2ccc(F)c(F)c2)C1C. The first-order valence-corrected chi connectivity index (χ1v) is 6.19. The summed E-state index contributed by atoms with van der Waals surface area (Å²) in [4.78, 5) is 0. The van der Waals surface area contributed by atoms with Crippen molar-refractivity contribution < 1.29 is 8.78 Å². The van der Waals surface area contributed by atoms with Crippen molar-refractivity contribution in [2.75, 3.05) is 0 Å². The smallest absolute Gasteiger partial charge is 0.159 e. The maximum atomic E-state index is 13.3. The fourth-order valence-corrected chi connectivity index (χ4v) is 2.89. The molecule has 1 aliphatic carbocycles. The standard InChI is InChI=1S/C14H19F2N/c1-9-4-3-7-14(17,10(9)2)11-5-6-12(15)13(16)8-11/h5-6,8-10H,3-4,7,17H2,1-2H3. The first-order chi connectivity index (χ1) is 7.95. The zero-order valence-corrected chi connectivity index (χ0v) is 10.3. The molecule has 17 heavy (non-hydrogen) atoms. The van der Waals surface area contributed by atoms with Crippen molar-refractivity contribution in [1.29, 1.82) is 0 Å². The Kier molecular flexibility index (Phi) is 3.21. The van der Waals surface area contributed by atoms with Crippen LogP contribution in [-0.2, 0) is 5.54 Å². The van der Waals surface area contributed by atoms with Gasteiger partial charge in [0, 0.05) is 5.54 Å². The Morgan fingerprint density at radius 2 is 1.94 bits per heavy atom. The Morgan fingerprint density at radius 3 is 2.59 bits per heavy atom. The van der Waals surface area contributed by atoms with Gasteiger partial charge in [-0.25, -0.2) is 8.78 Å². The zero-order chi connectivity index (χ0) is 12.6. The minimum atomic E-state index is -0.811. The summed E-state index contributed by atoms with van der Waals surface area (Å²) in [7, 11) is 0. The molecular formula is C14H19F2N. The Labute approximate surface area is 101 Å². The van der Waals surface area contributed by atoms with Gasteiger partial charge >= 0.3 is 0 Å². The number of hydrogen-bond donors (Lipinski definition) is 1. The van der Waals surface area contributed by atoms with Crippen LogP contribution >= 0.6 is 0 Å². The van der Waals surface area contributed by atoms with Crippen LogP contribution < -0.4 is 5.73 Å². The van der Waals surface area contributed by atoms with E-state index in [1.54, 1.807) is 6.07 Å². The maximum absolute atomic E-state index is 13.3. The first kappa shape index (κ1) is 12.5. The molecule has 0 heterocycles.